The van der Waals surface area contributed by atoms with Crippen molar-refractivity contribution < 1.29 is 4.74 Å². The number of aromatic nitrogens is 2. The Morgan fingerprint density at radius 1 is 0.826 bits per heavy atom. The predicted octanol–water partition coefficient (Wildman–Crippen LogP) is 4.49. The third kappa shape index (κ3) is 4.54. The molecule has 3 rings (SSSR count). The summed E-state index contributed by atoms with van der Waals surface area (Å²) in [5, 5.41) is 0.333. The Morgan fingerprint density at radius 3 is 2.35 bits per heavy atom. The molecule has 3 nitrogen and oxygen atoms in total. The zero-order valence-corrected chi connectivity index (χ0v) is 13.4. The van der Waals surface area contributed by atoms with Crippen LogP contribution in [0.2, 0.25) is 5.15 Å². The molecule has 1 heterocycles. The summed E-state index contributed by atoms with van der Waals surface area (Å²) >= 11 is 5.82. The minimum atomic E-state index is 0.333. The van der Waals surface area contributed by atoms with Gasteiger partial charge in [0.1, 0.15) is 6.61 Å². The SMILES string of the molecule is Clc1cncc(OCc2ccccc2CCc2ccccc2)n1. The van der Waals surface area contributed by atoms with E-state index in [9.17, 15) is 0 Å². The van der Waals surface area contributed by atoms with Gasteiger partial charge in [0.25, 0.3) is 0 Å². The van der Waals surface area contributed by atoms with Crippen molar-refractivity contribution in [2.24, 2.45) is 0 Å². The molecule has 0 radical (unpaired) electrons. The molecule has 0 saturated heterocycles. The molecule has 0 atom stereocenters. The second-order valence-electron chi connectivity index (χ2n) is 5.22. The lowest BCUT2D eigenvalue weighted by Crippen LogP contribution is -2.03. The van der Waals surface area contributed by atoms with Crippen molar-refractivity contribution >= 4 is 11.6 Å². The van der Waals surface area contributed by atoms with Gasteiger partial charge in [0, 0.05) is 0 Å². The molecule has 0 aliphatic heterocycles. The first-order chi connectivity index (χ1) is 11.3. The van der Waals surface area contributed by atoms with E-state index in [2.05, 4.69) is 52.4 Å². The van der Waals surface area contributed by atoms with Gasteiger partial charge in [0.15, 0.2) is 5.15 Å². The molecular weight excluding hydrogens is 308 g/mol. The summed E-state index contributed by atoms with van der Waals surface area (Å²) in [6.45, 7) is 0.458. The Hall–Kier alpha value is -2.39. The molecule has 0 amide bonds. The average molecular weight is 325 g/mol. The molecule has 0 spiro atoms. The highest BCUT2D eigenvalue weighted by molar-refractivity contribution is 6.29. The highest BCUT2D eigenvalue weighted by Gasteiger charge is 2.05. The number of hydrogen-bond acceptors (Lipinski definition) is 3. The van der Waals surface area contributed by atoms with Gasteiger partial charge in [0.2, 0.25) is 5.88 Å². The lowest BCUT2D eigenvalue weighted by atomic mass is 10.0. The zero-order valence-electron chi connectivity index (χ0n) is 12.7. The van der Waals surface area contributed by atoms with E-state index < -0.39 is 0 Å². The Morgan fingerprint density at radius 2 is 1.57 bits per heavy atom. The molecule has 0 saturated carbocycles. The molecule has 0 N–H and O–H groups in total. The third-order valence-electron chi connectivity index (χ3n) is 3.60. The second kappa shape index (κ2) is 7.75. The van der Waals surface area contributed by atoms with Gasteiger partial charge in [0.05, 0.1) is 12.4 Å². The van der Waals surface area contributed by atoms with E-state index in [1.165, 1.54) is 17.3 Å². The second-order valence-corrected chi connectivity index (χ2v) is 5.61. The molecule has 1 aromatic heterocycles. The van der Waals surface area contributed by atoms with E-state index in [0.717, 1.165) is 18.4 Å². The Kier molecular flexibility index (Phi) is 5.22. The summed E-state index contributed by atoms with van der Waals surface area (Å²) in [7, 11) is 0. The van der Waals surface area contributed by atoms with E-state index in [-0.39, 0.29) is 0 Å². The first-order valence-electron chi connectivity index (χ1n) is 7.52. The van der Waals surface area contributed by atoms with E-state index in [0.29, 0.717) is 17.6 Å². The molecule has 2 aromatic carbocycles. The van der Waals surface area contributed by atoms with Crippen LogP contribution in [0.4, 0.5) is 0 Å². The van der Waals surface area contributed by atoms with Gasteiger partial charge in [-0.25, -0.2) is 0 Å². The number of ether oxygens (including phenoxy) is 1. The van der Waals surface area contributed by atoms with Crippen molar-refractivity contribution in [3.63, 3.8) is 0 Å². The maximum absolute atomic E-state index is 5.82. The highest BCUT2D eigenvalue weighted by Crippen LogP contribution is 2.16. The fourth-order valence-corrected chi connectivity index (χ4v) is 2.55. The number of hydrogen-bond donors (Lipinski definition) is 0. The van der Waals surface area contributed by atoms with E-state index in [1.807, 2.05) is 12.1 Å². The third-order valence-corrected chi connectivity index (χ3v) is 3.78. The van der Waals surface area contributed by atoms with Gasteiger partial charge in [-0.15, -0.1) is 0 Å². The fourth-order valence-electron chi connectivity index (χ4n) is 2.41. The van der Waals surface area contributed by atoms with Crippen LogP contribution in [0.5, 0.6) is 5.88 Å². The lowest BCUT2D eigenvalue weighted by Gasteiger charge is -2.10. The molecule has 3 aromatic rings. The van der Waals surface area contributed by atoms with Crippen molar-refractivity contribution in [1.82, 2.24) is 9.97 Å². The van der Waals surface area contributed by atoms with Crippen molar-refractivity contribution in [3.8, 4) is 5.88 Å². The summed E-state index contributed by atoms with van der Waals surface area (Å²) in [5.74, 6) is 0.440. The largest absolute Gasteiger partial charge is 0.472 e. The van der Waals surface area contributed by atoms with Crippen LogP contribution < -0.4 is 4.74 Å². The number of rotatable bonds is 6. The molecule has 0 aliphatic rings. The van der Waals surface area contributed by atoms with Crippen LogP contribution in [0.15, 0.2) is 67.0 Å². The maximum atomic E-state index is 5.82. The summed E-state index contributed by atoms with van der Waals surface area (Å²) in [4.78, 5) is 8.07. The molecule has 4 heteroatoms. The van der Waals surface area contributed by atoms with Gasteiger partial charge in [-0.05, 0) is 29.5 Å². The first-order valence-corrected chi connectivity index (χ1v) is 7.90. The normalized spacial score (nSPS) is 10.5. The smallest absolute Gasteiger partial charge is 0.234 e. The minimum absolute atomic E-state index is 0.333. The minimum Gasteiger partial charge on any atom is -0.472 e. The van der Waals surface area contributed by atoms with Crippen molar-refractivity contribution in [3.05, 3.63) is 88.8 Å². The van der Waals surface area contributed by atoms with Crippen LogP contribution in [0.1, 0.15) is 16.7 Å². The Labute approximate surface area is 140 Å². The standard InChI is InChI=1S/C19H17ClN2O/c20-18-12-21-13-19(22-18)23-14-17-9-5-4-8-16(17)11-10-15-6-2-1-3-7-15/h1-9,12-13H,10-11,14H2. The summed E-state index contributed by atoms with van der Waals surface area (Å²) in [6, 6.07) is 18.8. The molecule has 0 bridgehead atoms. The molecular formula is C19H17ClN2O. The van der Waals surface area contributed by atoms with Crippen molar-refractivity contribution in [2.45, 2.75) is 19.4 Å². The van der Waals surface area contributed by atoms with Crippen LogP contribution in [-0.4, -0.2) is 9.97 Å². The maximum Gasteiger partial charge on any atom is 0.234 e. The molecule has 0 fully saturated rings. The van der Waals surface area contributed by atoms with Gasteiger partial charge < -0.3 is 4.74 Å². The predicted molar refractivity (Wildman–Crippen MR) is 91.7 cm³/mol. The Bertz CT molecular complexity index is 762. The quantitative estimate of drug-likeness (QED) is 0.670. The zero-order chi connectivity index (χ0) is 15.9. The number of aryl methyl sites for hydroxylation is 2. The van der Waals surface area contributed by atoms with Gasteiger partial charge in [-0.1, -0.05) is 66.2 Å². The number of nitrogens with zero attached hydrogens (tertiary/aromatic N) is 2. The van der Waals surface area contributed by atoms with Crippen LogP contribution in [0.25, 0.3) is 0 Å². The topological polar surface area (TPSA) is 35.0 Å². The summed E-state index contributed by atoms with van der Waals surface area (Å²) < 4.78 is 5.71. The molecule has 116 valence electrons. The molecule has 0 aliphatic carbocycles. The van der Waals surface area contributed by atoms with E-state index in [4.69, 9.17) is 16.3 Å². The lowest BCUT2D eigenvalue weighted by molar-refractivity contribution is 0.291. The van der Waals surface area contributed by atoms with E-state index in [1.54, 1.807) is 6.20 Å². The van der Waals surface area contributed by atoms with Gasteiger partial charge in [-0.2, -0.15) is 4.98 Å². The molecule has 23 heavy (non-hydrogen) atoms. The summed E-state index contributed by atoms with van der Waals surface area (Å²) in [6.07, 6.45) is 5.04. The van der Waals surface area contributed by atoms with E-state index >= 15 is 0 Å². The highest BCUT2D eigenvalue weighted by atomic mass is 35.5. The van der Waals surface area contributed by atoms with Crippen molar-refractivity contribution in [2.75, 3.05) is 0 Å². The van der Waals surface area contributed by atoms with Crippen molar-refractivity contribution in [1.29, 1.82) is 0 Å². The van der Waals surface area contributed by atoms with Crippen LogP contribution in [0, 0.1) is 0 Å². The van der Waals surface area contributed by atoms with Crippen LogP contribution in [0.3, 0.4) is 0 Å². The summed E-state index contributed by atoms with van der Waals surface area (Å²) in [5.41, 5.74) is 3.78. The fraction of sp³-hybridized carbons (Fsp3) is 0.158. The monoisotopic (exact) mass is 324 g/mol. The van der Waals surface area contributed by atoms with Crippen LogP contribution in [-0.2, 0) is 19.4 Å². The van der Waals surface area contributed by atoms with Crippen LogP contribution >= 0.6 is 11.6 Å². The first kappa shape index (κ1) is 15.5. The van der Waals surface area contributed by atoms with Gasteiger partial charge >= 0.3 is 0 Å². The van der Waals surface area contributed by atoms with Gasteiger partial charge in [-0.3, -0.25) is 4.98 Å². The average Bonchev–Trinajstić information content (AvgIpc) is 2.60. The number of halogens is 1. The molecule has 0 unspecified atom stereocenters. The number of benzene rings is 2. The Balaban J connectivity index is 1.65.